The second kappa shape index (κ2) is 3.67. The summed E-state index contributed by atoms with van der Waals surface area (Å²) in [7, 11) is 0. The lowest BCUT2D eigenvalue weighted by molar-refractivity contribution is 1.00. The highest BCUT2D eigenvalue weighted by molar-refractivity contribution is 7.22. The van der Waals surface area contributed by atoms with Gasteiger partial charge in [-0.15, -0.1) is 21.5 Å². The molecule has 84 valence electrons. The first kappa shape index (κ1) is 9.98. The predicted octanol–water partition coefficient (Wildman–Crippen LogP) is 1.92. The summed E-state index contributed by atoms with van der Waals surface area (Å²) in [6, 6.07) is 10.1. The number of nitrogen functional groups attached to an aromatic ring is 2. The van der Waals surface area contributed by atoms with Crippen molar-refractivity contribution in [3.63, 3.8) is 0 Å². The summed E-state index contributed by atoms with van der Waals surface area (Å²) in [5.74, 6) is 0.399. The number of hydrogen-bond donors (Lipinski definition) is 2. The Hall–Kier alpha value is -2.21. The molecule has 0 aliphatic rings. The molecule has 0 unspecified atom stereocenters. The first-order valence-electron chi connectivity index (χ1n) is 4.98. The van der Waals surface area contributed by atoms with Crippen LogP contribution >= 0.6 is 11.3 Å². The van der Waals surface area contributed by atoms with Crippen LogP contribution in [0.4, 0.5) is 11.8 Å². The highest BCUT2D eigenvalue weighted by atomic mass is 32.1. The Kier molecular flexibility index (Phi) is 2.15. The normalized spacial score (nSPS) is 10.8. The molecule has 17 heavy (non-hydrogen) atoms. The minimum absolute atomic E-state index is 0.0901. The lowest BCUT2D eigenvalue weighted by Crippen LogP contribution is -2.03. The van der Waals surface area contributed by atoms with Gasteiger partial charge >= 0.3 is 0 Å². The molecule has 3 aromatic rings. The molecule has 0 radical (unpaired) electrons. The molecule has 0 fully saturated rings. The van der Waals surface area contributed by atoms with Crippen LogP contribution in [0.5, 0.6) is 0 Å². The lowest BCUT2D eigenvalue weighted by Gasteiger charge is -1.99. The Morgan fingerprint density at radius 1 is 1.06 bits per heavy atom. The standard InChI is InChI=1S/C11H9N5S/c12-10-9(15-16-11(13)14-10)8-5-6-3-1-2-4-7(6)17-8/h1-5H,(H4,12,13,14,16). The van der Waals surface area contributed by atoms with E-state index in [2.05, 4.69) is 21.2 Å². The van der Waals surface area contributed by atoms with Crippen molar-refractivity contribution in [3.8, 4) is 10.6 Å². The van der Waals surface area contributed by atoms with Gasteiger partial charge in [-0.05, 0) is 17.5 Å². The fourth-order valence-electron chi connectivity index (χ4n) is 1.63. The molecule has 2 heterocycles. The van der Waals surface area contributed by atoms with Gasteiger partial charge in [-0.25, -0.2) is 0 Å². The summed E-state index contributed by atoms with van der Waals surface area (Å²) >= 11 is 1.61. The summed E-state index contributed by atoms with van der Waals surface area (Å²) in [5, 5.41) is 8.88. The molecule has 0 saturated heterocycles. The minimum atomic E-state index is 0.0901. The van der Waals surface area contributed by atoms with E-state index in [0.29, 0.717) is 11.5 Å². The first-order chi connectivity index (χ1) is 8.24. The van der Waals surface area contributed by atoms with Crippen molar-refractivity contribution in [2.24, 2.45) is 0 Å². The zero-order chi connectivity index (χ0) is 11.8. The van der Waals surface area contributed by atoms with Gasteiger partial charge in [0.05, 0.1) is 4.88 Å². The highest BCUT2D eigenvalue weighted by Gasteiger charge is 2.10. The molecular weight excluding hydrogens is 234 g/mol. The van der Waals surface area contributed by atoms with Crippen molar-refractivity contribution < 1.29 is 0 Å². The summed E-state index contributed by atoms with van der Waals surface area (Å²) in [5.41, 5.74) is 11.8. The molecule has 0 aliphatic carbocycles. The van der Waals surface area contributed by atoms with Gasteiger partial charge in [0.15, 0.2) is 5.82 Å². The van der Waals surface area contributed by atoms with Crippen molar-refractivity contribution in [1.29, 1.82) is 0 Å². The average Bonchev–Trinajstić information content (AvgIpc) is 2.72. The summed E-state index contributed by atoms with van der Waals surface area (Å²) in [6.07, 6.45) is 0. The molecule has 5 nitrogen and oxygen atoms in total. The number of thiophene rings is 1. The van der Waals surface area contributed by atoms with Crippen LogP contribution in [0.1, 0.15) is 0 Å². The Morgan fingerprint density at radius 2 is 1.88 bits per heavy atom. The molecule has 0 spiro atoms. The maximum Gasteiger partial charge on any atom is 0.242 e. The van der Waals surface area contributed by atoms with Crippen molar-refractivity contribution in [3.05, 3.63) is 30.3 Å². The van der Waals surface area contributed by atoms with Crippen LogP contribution in [-0.4, -0.2) is 15.2 Å². The molecule has 0 aliphatic heterocycles. The third-order valence-electron chi connectivity index (χ3n) is 2.39. The van der Waals surface area contributed by atoms with Gasteiger partial charge in [0, 0.05) is 4.70 Å². The molecule has 1 aromatic carbocycles. The quantitative estimate of drug-likeness (QED) is 0.681. The van der Waals surface area contributed by atoms with Crippen molar-refractivity contribution in [2.75, 3.05) is 11.5 Å². The maximum absolute atomic E-state index is 5.79. The van der Waals surface area contributed by atoms with E-state index in [9.17, 15) is 0 Å². The molecule has 6 heteroatoms. The van der Waals surface area contributed by atoms with E-state index in [-0.39, 0.29) is 5.95 Å². The number of aromatic nitrogens is 3. The SMILES string of the molecule is Nc1nnc(-c2cc3ccccc3s2)c(N)n1. The molecule has 2 aromatic heterocycles. The van der Waals surface area contributed by atoms with Gasteiger partial charge < -0.3 is 11.5 Å². The van der Waals surface area contributed by atoms with Crippen LogP contribution in [0.25, 0.3) is 20.7 Å². The van der Waals surface area contributed by atoms with E-state index in [0.717, 1.165) is 10.3 Å². The topological polar surface area (TPSA) is 90.7 Å². The number of anilines is 2. The van der Waals surface area contributed by atoms with Gasteiger partial charge in [0.2, 0.25) is 5.95 Å². The van der Waals surface area contributed by atoms with Gasteiger partial charge in [-0.2, -0.15) is 4.98 Å². The monoisotopic (exact) mass is 243 g/mol. The third-order valence-corrected chi connectivity index (χ3v) is 3.51. The van der Waals surface area contributed by atoms with Crippen molar-refractivity contribution in [2.45, 2.75) is 0 Å². The lowest BCUT2D eigenvalue weighted by atomic mass is 10.2. The molecule has 0 bridgehead atoms. The van der Waals surface area contributed by atoms with E-state index >= 15 is 0 Å². The van der Waals surface area contributed by atoms with Gasteiger partial charge in [0.1, 0.15) is 5.69 Å². The Bertz CT molecular complexity index is 658. The summed E-state index contributed by atoms with van der Waals surface area (Å²) < 4.78 is 1.18. The van der Waals surface area contributed by atoms with E-state index in [1.165, 1.54) is 4.70 Å². The van der Waals surface area contributed by atoms with Gasteiger partial charge in [-0.3, -0.25) is 0 Å². The fourth-order valence-corrected chi connectivity index (χ4v) is 2.68. The smallest absolute Gasteiger partial charge is 0.242 e. The van der Waals surface area contributed by atoms with Crippen LogP contribution in [0.2, 0.25) is 0 Å². The number of fused-ring (bicyclic) bond motifs is 1. The van der Waals surface area contributed by atoms with E-state index in [1.807, 2.05) is 24.3 Å². The predicted molar refractivity (Wildman–Crippen MR) is 69.5 cm³/mol. The van der Waals surface area contributed by atoms with Crippen molar-refractivity contribution in [1.82, 2.24) is 15.2 Å². The largest absolute Gasteiger partial charge is 0.382 e. The van der Waals surface area contributed by atoms with E-state index < -0.39 is 0 Å². The summed E-state index contributed by atoms with van der Waals surface area (Å²) in [6.45, 7) is 0. The van der Waals surface area contributed by atoms with Crippen LogP contribution in [0.3, 0.4) is 0 Å². The summed E-state index contributed by atoms with van der Waals surface area (Å²) in [4.78, 5) is 4.86. The second-order valence-corrected chi connectivity index (χ2v) is 4.64. The Labute approximate surface area is 101 Å². The minimum Gasteiger partial charge on any atom is -0.382 e. The zero-order valence-electron chi connectivity index (χ0n) is 8.79. The molecule has 4 N–H and O–H groups in total. The molecule has 0 amide bonds. The van der Waals surface area contributed by atoms with E-state index in [1.54, 1.807) is 11.3 Å². The number of benzene rings is 1. The van der Waals surface area contributed by atoms with Crippen LogP contribution in [0.15, 0.2) is 30.3 Å². The highest BCUT2D eigenvalue weighted by Crippen LogP contribution is 2.33. The fraction of sp³-hybridized carbons (Fsp3) is 0. The first-order valence-corrected chi connectivity index (χ1v) is 5.80. The average molecular weight is 243 g/mol. The number of hydrogen-bond acceptors (Lipinski definition) is 6. The van der Waals surface area contributed by atoms with Crippen LogP contribution in [-0.2, 0) is 0 Å². The Balaban J connectivity index is 2.20. The Morgan fingerprint density at radius 3 is 2.65 bits per heavy atom. The number of rotatable bonds is 1. The number of nitrogens with zero attached hydrogens (tertiary/aromatic N) is 3. The van der Waals surface area contributed by atoms with E-state index in [4.69, 9.17) is 11.5 Å². The molecular formula is C11H9N5S. The third kappa shape index (κ3) is 1.68. The van der Waals surface area contributed by atoms with Crippen molar-refractivity contribution >= 4 is 33.2 Å². The van der Waals surface area contributed by atoms with Crippen LogP contribution in [0, 0.1) is 0 Å². The van der Waals surface area contributed by atoms with Gasteiger partial charge in [-0.1, -0.05) is 18.2 Å². The molecule has 3 rings (SSSR count). The van der Waals surface area contributed by atoms with Gasteiger partial charge in [0.25, 0.3) is 0 Å². The molecule has 0 atom stereocenters. The maximum atomic E-state index is 5.79. The van der Waals surface area contributed by atoms with Crippen LogP contribution < -0.4 is 11.5 Å². The molecule has 0 saturated carbocycles. The second-order valence-electron chi connectivity index (χ2n) is 3.55. The number of nitrogens with two attached hydrogens (primary N) is 2. The zero-order valence-corrected chi connectivity index (χ0v) is 9.61.